The average Bonchev–Trinajstić information content (AvgIpc) is 2.89. The Hall–Kier alpha value is -2.37. The van der Waals surface area contributed by atoms with Crippen molar-refractivity contribution in [2.24, 2.45) is 0 Å². The average molecular weight is 383 g/mol. The van der Waals surface area contributed by atoms with Crippen LogP contribution in [-0.4, -0.2) is 38.2 Å². The first-order valence-corrected chi connectivity index (χ1v) is 10.6. The highest BCUT2D eigenvalue weighted by atomic mass is 16.2. The van der Waals surface area contributed by atoms with Gasteiger partial charge in [0.1, 0.15) is 12.4 Å². The van der Waals surface area contributed by atoms with Crippen LogP contribution in [0, 0.1) is 0 Å². The Balaban J connectivity index is 1.36. The second-order valence-electron chi connectivity index (χ2n) is 8.24. The molecule has 2 aromatic rings. The number of fused-ring (bicyclic) bond motifs is 1. The summed E-state index contributed by atoms with van der Waals surface area (Å²) in [5, 5.41) is 4.45. The van der Waals surface area contributed by atoms with Gasteiger partial charge in [0.15, 0.2) is 0 Å². The summed E-state index contributed by atoms with van der Waals surface area (Å²) in [6.45, 7) is 0.773. The summed E-state index contributed by atoms with van der Waals surface area (Å²) in [6, 6.07) is 10.9. The molecule has 1 aromatic heterocycles. The Morgan fingerprint density at radius 3 is 2.61 bits per heavy atom. The van der Waals surface area contributed by atoms with Gasteiger partial charge in [0, 0.05) is 26.1 Å². The van der Waals surface area contributed by atoms with E-state index in [0.717, 1.165) is 63.7 Å². The van der Waals surface area contributed by atoms with Crippen LogP contribution in [0.3, 0.4) is 0 Å². The molecule has 0 N–H and O–H groups in total. The molecule has 1 aromatic carbocycles. The third-order valence-corrected chi connectivity index (χ3v) is 6.48. The topological polar surface area (TPSA) is 60.1 Å². The van der Waals surface area contributed by atoms with Crippen LogP contribution < -0.4 is 5.69 Å². The normalized spacial score (nSPS) is 22.3. The van der Waals surface area contributed by atoms with Gasteiger partial charge in [0.05, 0.1) is 0 Å². The number of nitrogens with zero attached hydrogens (tertiary/aromatic N) is 4. The van der Waals surface area contributed by atoms with E-state index < -0.39 is 0 Å². The third kappa shape index (κ3) is 3.91. The van der Waals surface area contributed by atoms with Crippen molar-refractivity contribution in [3.8, 4) is 0 Å². The Bertz CT molecular complexity index is 862. The number of carbonyl (C=O) groups excluding carboxylic acids is 1. The minimum absolute atomic E-state index is 0.0153. The molecule has 6 nitrogen and oxygen atoms in total. The van der Waals surface area contributed by atoms with Gasteiger partial charge >= 0.3 is 5.69 Å². The minimum Gasteiger partial charge on any atom is -0.341 e. The molecular weight excluding hydrogens is 352 g/mol. The molecule has 0 atom stereocenters. The molecule has 1 aliphatic heterocycles. The summed E-state index contributed by atoms with van der Waals surface area (Å²) in [7, 11) is 1.88. The van der Waals surface area contributed by atoms with Gasteiger partial charge in [-0.05, 0) is 50.0 Å². The highest BCUT2D eigenvalue weighted by Crippen LogP contribution is 2.34. The van der Waals surface area contributed by atoms with E-state index in [1.165, 1.54) is 10.2 Å². The first-order chi connectivity index (χ1) is 13.6. The highest BCUT2D eigenvalue weighted by Gasteiger charge is 2.28. The van der Waals surface area contributed by atoms with Crippen molar-refractivity contribution in [2.75, 3.05) is 7.05 Å². The largest absolute Gasteiger partial charge is 0.346 e. The summed E-state index contributed by atoms with van der Waals surface area (Å²) in [6.07, 6.45) is 8.26. The molecule has 4 rings (SSSR count). The number of carbonyl (C=O) groups is 1. The summed E-state index contributed by atoms with van der Waals surface area (Å²) >= 11 is 0. The number of rotatable bonds is 4. The molecular formula is C22H30N4O2. The monoisotopic (exact) mass is 382 g/mol. The number of likely N-dealkylation sites (N-methyl/N-ethyl adjacent to an activating group) is 1. The van der Waals surface area contributed by atoms with Crippen LogP contribution in [0.1, 0.15) is 62.3 Å². The second kappa shape index (κ2) is 8.33. The van der Waals surface area contributed by atoms with Crippen molar-refractivity contribution in [3.63, 3.8) is 0 Å². The molecule has 150 valence electrons. The fourth-order valence-electron chi connectivity index (χ4n) is 4.69. The third-order valence-electron chi connectivity index (χ3n) is 6.48. The number of amides is 1. The molecule has 0 unspecified atom stereocenters. The lowest BCUT2D eigenvalue weighted by Gasteiger charge is -2.34. The maximum Gasteiger partial charge on any atom is 0.346 e. The predicted octanol–water partition coefficient (Wildman–Crippen LogP) is 2.96. The lowest BCUT2D eigenvalue weighted by molar-refractivity contribution is -0.133. The summed E-state index contributed by atoms with van der Waals surface area (Å²) in [5.74, 6) is 1.41. The summed E-state index contributed by atoms with van der Waals surface area (Å²) < 4.78 is 3.13. The van der Waals surface area contributed by atoms with Gasteiger partial charge in [-0.3, -0.25) is 9.36 Å². The first-order valence-electron chi connectivity index (χ1n) is 10.6. The van der Waals surface area contributed by atoms with Crippen molar-refractivity contribution in [3.05, 3.63) is 52.2 Å². The Morgan fingerprint density at radius 2 is 1.86 bits per heavy atom. The lowest BCUT2D eigenvalue weighted by atomic mass is 9.81. The molecule has 2 aliphatic rings. The predicted molar refractivity (Wildman–Crippen MR) is 108 cm³/mol. The van der Waals surface area contributed by atoms with Crippen molar-refractivity contribution in [1.82, 2.24) is 19.2 Å². The van der Waals surface area contributed by atoms with E-state index in [-0.39, 0.29) is 24.2 Å². The molecule has 1 fully saturated rings. The van der Waals surface area contributed by atoms with Gasteiger partial charge in [0.25, 0.3) is 0 Å². The van der Waals surface area contributed by atoms with Gasteiger partial charge in [0.2, 0.25) is 5.91 Å². The zero-order valence-corrected chi connectivity index (χ0v) is 16.7. The number of hydrogen-bond donors (Lipinski definition) is 0. The van der Waals surface area contributed by atoms with Crippen molar-refractivity contribution in [1.29, 1.82) is 0 Å². The fourth-order valence-corrected chi connectivity index (χ4v) is 4.69. The van der Waals surface area contributed by atoms with Crippen LogP contribution in [0.2, 0.25) is 0 Å². The van der Waals surface area contributed by atoms with Gasteiger partial charge in [-0.2, -0.15) is 5.10 Å². The number of benzene rings is 1. The molecule has 1 saturated carbocycles. The van der Waals surface area contributed by atoms with Crippen LogP contribution in [0.4, 0.5) is 0 Å². The van der Waals surface area contributed by atoms with Crippen molar-refractivity contribution >= 4 is 5.91 Å². The van der Waals surface area contributed by atoms with Crippen LogP contribution in [0.15, 0.2) is 35.1 Å². The molecule has 1 aliphatic carbocycles. The first kappa shape index (κ1) is 19.0. The zero-order valence-electron chi connectivity index (χ0n) is 16.7. The van der Waals surface area contributed by atoms with E-state index in [1.807, 2.05) is 11.9 Å². The zero-order chi connectivity index (χ0) is 19.5. The van der Waals surface area contributed by atoms with E-state index in [0.29, 0.717) is 5.92 Å². The van der Waals surface area contributed by atoms with Gasteiger partial charge in [-0.15, -0.1) is 0 Å². The molecule has 28 heavy (non-hydrogen) atoms. The maximum atomic E-state index is 12.8. The Morgan fingerprint density at radius 1 is 1.11 bits per heavy atom. The van der Waals surface area contributed by atoms with E-state index in [2.05, 4.69) is 35.4 Å². The highest BCUT2D eigenvalue weighted by molar-refractivity contribution is 5.75. The lowest BCUT2D eigenvalue weighted by Crippen LogP contribution is -2.42. The number of aromatic nitrogens is 3. The van der Waals surface area contributed by atoms with Gasteiger partial charge in [-0.25, -0.2) is 9.48 Å². The minimum atomic E-state index is -0.133. The Labute approximate surface area is 166 Å². The Kier molecular flexibility index (Phi) is 5.64. The van der Waals surface area contributed by atoms with E-state index >= 15 is 0 Å². The maximum absolute atomic E-state index is 12.8. The van der Waals surface area contributed by atoms with E-state index in [4.69, 9.17) is 0 Å². The SMILES string of the molecule is CN(C(=O)Cn1nc2n(c1=O)CCCCC2)C1CCC(c2ccccc2)CC1. The molecule has 0 radical (unpaired) electrons. The van der Waals surface area contributed by atoms with Crippen LogP contribution in [-0.2, 0) is 24.3 Å². The smallest absolute Gasteiger partial charge is 0.341 e. The van der Waals surface area contributed by atoms with Crippen LogP contribution >= 0.6 is 0 Å². The number of hydrogen-bond acceptors (Lipinski definition) is 3. The van der Waals surface area contributed by atoms with Crippen LogP contribution in [0.25, 0.3) is 0 Å². The molecule has 6 heteroatoms. The molecule has 1 amide bonds. The number of aryl methyl sites for hydroxylation is 1. The molecule has 0 spiro atoms. The van der Waals surface area contributed by atoms with E-state index in [9.17, 15) is 9.59 Å². The summed E-state index contributed by atoms with van der Waals surface area (Å²) in [5.41, 5.74) is 1.27. The fraction of sp³-hybridized carbons (Fsp3) is 0.591. The van der Waals surface area contributed by atoms with Gasteiger partial charge < -0.3 is 4.90 Å². The van der Waals surface area contributed by atoms with Crippen molar-refractivity contribution < 1.29 is 4.79 Å². The summed E-state index contributed by atoms with van der Waals surface area (Å²) in [4.78, 5) is 27.3. The second-order valence-corrected chi connectivity index (χ2v) is 8.24. The van der Waals surface area contributed by atoms with Gasteiger partial charge in [-0.1, -0.05) is 36.8 Å². The quantitative estimate of drug-likeness (QED) is 0.817. The molecule has 2 heterocycles. The van der Waals surface area contributed by atoms with E-state index in [1.54, 1.807) is 4.57 Å². The molecule has 0 saturated heterocycles. The van der Waals surface area contributed by atoms with Crippen molar-refractivity contribution in [2.45, 2.75) is 76.4 Å². The molecule has 0 bridgehead atoms. The van der Waals surface area contributed by atoms with Crippen LogP contribution in [0.5, 0.6) is 0 Å². The standard InChI is InChI=1S/C22H30N4O2/c1-24(19-13-11-18(12-14-19)17-8-4-2-5-9-17)21(27)16-26-22(28)25-15-7-3-6-10-20(25)23-26/h2,4-5,8-9,18-19H,3,6-7,10-16H2,1H3.